The first-order valence-corrected chi connectivity index (χ1v) is 10.9. The monoisotopic (exact) mass is 525 g/mol. The lowest BCUT2D eigenvalue weighted by Gasteiger charge is -2.23. The van der Waals surface area contributed by atoms with Gasteiger partial charge in [0.15, 0.2) is 0 Å². The van der Waals surface area contributed by atoms with Gasteiger partial charge in [0.2, 0.25) is 0 Å². The van der Waals surface area contributed by atoms with Gasteiger partial charge < -0.3 is 20.2 Å². The van der Waals surface area contributed by atoms with Crippen LogP contribution in [-0.4, -0.2) is 55.1 Å². The van der Waals surface area contributed by atoms with E-state index in [1.54, 1.807) is 38.2 Å². The van der Waals surface area contributed by atoms with E-state index in [9.17, 15) is 22.8 Å². The van der Waals surface area contributed by atoms with E-state index in [1.165, 1.54) is 41.2 Å². The second-order valence-electron chi connectivity index (χ2n) is 7.70. The highest BCUT2D eigenvalue weighted by atomic mass is 35.5. The smallest absolute Gasteiger partial charge is 0.492 e. The van der Waals surface area contributed by atoms with Crippen LogP contribution < -0.4 is 20.4 Å². The van der Waals surface area contributed by atoms with Gasteiger partial charge >= 0.3 is 12.1 Å². The van der Waals surface area contributed by atoms with Crippen LogP contribution in [0.5, 0.6) is 5.75 Å². The maximum atomic E-state index is 13.3. The van der Waals surface area contributed by atoms with Gasteiger partial charge in [-0.15, -0.1) is 5.06 Å². The van der Waals surface area contributed by atoms with E-state index in [4.69, 9.17) is 22.1 Å². The molecule has 0 fully saturated rings. The van der Waals surface area contributed by atoms with Gasteiger partial charge in [-0.05, 0) is 42.5 Å². The summed E-state index contributed by atoms with van der Waals surface area (Å²) in [7, 11) is 5.17. The summed E-state index contributed by atoms with van der Waals surface area (Å²) in [5, 5.41) is 4.56. The third-order valence-electron chi connectivity index (χ3n) is 4.94. The molecule has 0 radical (unpaired) electrons. The molecule has 192 valence electrons. The van der Waals surface area contributed by atoms with E-state index in [0.717, 1.165) is 5.69 Å². The number of hydrogen-bond donors (Lipinski definition) is 1. The molecular formula is C23H23ClF3N5O4. The molecule has 2 aromatic carbocycles. The summed E-state index contributed by atoms with van der Waals surface area (Å²) in [4.78, 5) is 31.3. The number of amides is 1. The second-order valence-corrected chi connectivity index (χ2v) is 8.11. The number of carbonyl (C=O) groups is 2. The van der Waals surface area contributed by atoms with Crippen LogP contribution in [0.15, 0.2) is 48.7 Å². The standard InChI is InChI=1S/C23H23ClF3N5O4/c1-30(2)15-6-4-14(5-7-15)21(33)32(36-22(34)23(25,26)27)16-8-9-19(35-11-10-28)17(12-16)20-18(24)13-29-31(20)3/h4-9,12-13H,10-11,28H2,1-3H3. The lowest BCUT2D eigenvalue weighted by molar-refractivity contribution is -0.199. The van der Waals surface area contributed by atoms with Crippen LogP contribution in [0, 0.1) is 0 Å². The maximum absolute atomic E-state index is 13.3. The van der Waals surface area contributed by atoms with Crippen molar-refractivity contribution in [2.45, 2.75) is 6.18 Å². The van der Waals surface area contributed by atoms with Crippen LogP contribution in [0.2, 0.25) is 5.02 Å². The maximum Gasteiger partial charge on any atom is 0.493 e. The molecule has 3 aromatic rings. The molecule has 0 saturated heterocycles. The van der Waals surface area contributed by atoms with Crippen molar-refractivity contribution in [3.05, 3.63) is 59.2 Å². The molecule has 36 heavy (non-hydrogen) atoms. The van der Waals surface area contributed by atoms with Gasteiger partial charge in [0, 0.05) is 44.5 Å². The van der Waals surface area contributed by atoms with Crippen molar-refractivity contribution in [1.29, 1.82) is 0 Å². The number of aromatic nitrogens is 2. The molecule has 1 amide bonds. The number of hydroxylamine groups is 1. The molecule has 13 heteroatoms. The van der Waals surface area contributed by atoms with E-state index >= 15 is 0 Å². The lowest BCUT2D eigenvalue weighted by atomic mass is 10.1. The summed E-state index contributed by atoms with van der Waals surface area (Å²) in [5.41, 5.74) is 6.72. The highest BCUT2D eigenvalue weighted by Crippen LogP contribution is 2.38. The fourth-order valence-corrected chi connectivity index (χ4v) is 3.47. The van der Waals surface area contributed by atoms with Gasteiger partial charge in [-0.25, -0.2) is 4.79 Å². The van der Waals surface area contributed by atoms with Gasteiger partial charge in [-0.1, -0.05) is 11.6 Å². The Morgan fingerprint density at radius 1 is 1.11 bits per heavy atom. The van der Waals surface area contributed by atoms with E-state index in [0.29, 0.717) is 5.69 Å². The first kappa shape index (κ1) is 26.8. The Kier molecular flexibility index (Phi) is 8.10. The molecule has 9 nitrogen and oxygen atoms in total. The molecule has 1 aromatic heterocycles. The molecule has 0 aliphatic carbocycles. The number of hydrogen-bond acceptors (Lipinski definition) is 7. The van der Waals surface area contributed by atoms with Crippen LogP contribution in [-0.2, 0) is 16.7 Å². The van der Waals surface area contributed by atoms with Crippen LogP contribution in [0.1, 0.15) is 10.4 Å². The minimum absolute atomic E-state index is 0.0147. The summed E-state index contributed by atoms with van der Waals surface area (Å²) in [6, 6.07) is 10.00. The number of alkyl halides is 3. The molecule has 0 saturated carbocycles. The number of benzene rings is 2. The van der Waals surface area contributed by atoms with Gasteiger partial charge in [-0.3, -0.25) is 9.48 Å². The van der Waals surface area contributed by atoms with Crippen molar-refractivity contribution in [3.63, 3.8) is 0 Å². The van der Waals surface area contributed by atoms with Crippen molar-refractivity contribution in [2.24, 2.45) is 12.8 Å². The van der Waals surface area contributed by atoms with Crippen molar-refractivity contribution in [1.82, 2.24) is 9.78 Å². The van der Waals surface area contributed by atoms with Gasteiger partial charge in [0.1, 0.15) is 12.4 Å². The fraction of sp³-hybridized carbons (Fsp3) is 0.261. The molecule has 0 bridgehead atoms. The van der Waals surface area contributed by atoms with Crippen LogP contribution in [0.4, 0.5) is 24.5 Å². The van der Waals surface area contributed by atoms with Crippen molar-refractivity contribution < 1.29 is 32.3 Å². The predicted octanol–water partition coefficient (Wildman–Crippen LogP) is 3.81. The Morgan fingerprint density at radius 3 is 2.28 bits per heavy atom. The van der Waals surface area contributed by atoms with E-state index in [2.05, 4.69) is 9.94 Å². The largest absolute Gasteiger partial charge is 0.493 e. The van der Waals surface area contributed by atoms with E-state index in [1.807, 2.05) is 0 Å². The number of ether oxygens (including phenoxy) is 1. The number of anilines is 2. The minimum atomic E-state index is -5.34. The highest BCUT2D eigenvalue weighted by molar-refractivity contribution is 6.33. The Bertz CT molecular complexity index is 1230. The molecule has 0 aliphatic rings. The summed E-state index contributed by atoms with van der Waals surface area (Å²) in [6.07, 6.45) is -3.97. The Hall–Kier alpha value is -3.77. The fourth-order valence-electron chi connectivity index (χ4n) is 3.20. The van der Waals surface area contributed by atoms with Crippen molar-refractivity contribution >= 4 is 34.9 Å². The Morgan fingerprint density at radius 2 is 1.75 bits per heavy atom. The zero-order chi connectivity index (χ0) is 26.6. The summed E-state index contributed by atoms with van der Waals surface area (Å²) < 4.78 is 46.3. The van der Waals surface area contributed by atoms with Crippen LogP contribution >= 0.6 is 11.6 Å². The average molecular weight is 526 g/mol. The van der Waals surface area contributed by atoms with Gasteiger partial charge in [-0.2, -0.15) is 18.3 Å². The zero-order valence-corrected chi connectivity index (χ0v) is 20.3. The Balaban J connectivity index is 2.13. The molecule has 0 unspecified atom stereocenters. The number of aryl methyl sites for hydroxylation is 1. The highest BCUT2D eigenvalue weighted by Gasteiger charge is 2.44. The number of halogens is 4. The zero-order valence-electron chi connectivity index (χ0n) is 19.5. The summed E-state index contributed by atoms with van der Waals surface area (Å²) in [5.74, 6) is -3.29. The molecule has 0 aliphatic heterocycles. The number of nitrogens with two attached hydrogens (primary N) is 1. The molecule has 2 N–H and O–H groups in total. The quantitative estimate of drug-likeness (QED) is 0.468. The topological polar surface area (TPSA) is 103 Å². The first-order chi connectivity index (χ1) is 16.9. The van der Waals surface area contributed by atoms with Gasteiger partial charge in [0.25, 0.3) is 5.91 Å². The molecule has 0 spiro atoms. The average Bonchev–Trinajstić information content (AvgIpc) is 3.17. The minimum Gasteiger partial charge on any atom is -0.492 e. The number of carbonyl (C=O) groups excluding carboxylic acids is 2. The molecular weight excluding hydrogens is 503 g/mol. The second kappa shape index (κ2) is 10.9. The SMILES string of the molecule is CN(C)c1ccc(C(=O)N(OC(=O)C(F)(F)F)c2ccc(OCCN)c(-c3c(Cl)cnn3C)c2)cc1. The molecule has 0 atom stereocenters. The third-order valence-corrected chi connectivity index (χ3v) is 5.22. The Labute approximate surface area is 209 Å². The molecule has 1 heterocycles. The number of nitrogens with zero attached hydrogens (tertiary/aromatic N) is 4. The van der Waals surface area contributed by atoms with Crippen molar-refractivity contribution in [3.8, 4) is 17.0 Å². The first-order valence-electron chi connectivity index (χ1n) is 10.5. The normalized spacial score (nSPS) is 11.2. The molecule has 3 rings (SSSR count). The number of rotatable bonds is 7. The van der Waals surface area contributed by atoms with E-state index < -0.39 is 18.1 Å². The summed E-state index contributed by atoms with van der Waals surface area (Å²) >= 11 is 6.28. The lowest BCUT2D eigenvalue weighted by Crippen LogP contribution is -2.38. The van der Waals surface area contributed by atoms with Crippen LogP contribution in [0.25, 0.3) is 11.3 Å². The van der Waals surface area contributed by atoms with Gasteiger partial charge in [0.05, 0.1) is 22.6 Å². The predicted molar refractivity (Wildman–Crippen MR) is 128 cm³/mol. The third kappa shape index (κ3) is 5.89. The van der Waals surface area contributed by atoms with E-state index in [-0.39, 0.29) is 45.8 Å². The van der Waals surface area contributed by atoms with Crippen LogP contribution in [0.3, 0.4) is 0 Å². The summed E-state index contributed by atoms with van der Waals surface area (Å²) in [6.45, 7) is 0.322. The van der Waals surface area contributed by atoms with Crippen molar-refractivity contribution in [2.75, 3.05) is 37.2 Å².